The molecule has 0 radical (unpaired) electrons. The second-order valence-electron chi connectivity index (χ2n) is 8.10. The van der Waals surface area contributed by atoms with Gasteiger partial charge in [-0.05, 0) is 39.2 Å². The van der Waals surface area contributed by atoms with Gasteiger partial charge in [-0.15, -0.1) is 0 Å². The van der Waals surface area contributed by atoms with E-state index in [9.17, 15) is 9.59 Å². The summed E-state index contributed by atoms with van der Waals surface area (Å²) in [4.78, 5) is 24.5. The van der Waals surface area contributed by atoms with E-state index in [1.54, 1.807) is 13.8 Å². The number of ether oxygens (including phenoxy) is 3. The fourth-order valence-electron chi connectivity index (χ4n) is 2.80. The minimum Gasteiger partial charge on any atom is -0.444 e. The first-order chi connectivity index (χ1) is 12.0. The van der Waals surface area contributed by atoms with Gasteiger partial charge in [0.15, 0.2) is 0 Å². The lowest BCUT2D eigenvalue weighted by Crippen LogP contribution is -2.47. The van der Waals surface area contributed by atoms with Crippen molar-refractivity contribution in [1.82, 2.24) is 5.32 Å². The fraction of sp³-hybridized carbons (Fsp3) is 0.600. The topological polar surface area (TPSA) is 73.9 Å². The monoisotopic (exact) mass is 363 g/mol. The van der Waals surface area contributed by atoms with Crippen molar-refractivity contribution >= 4 is 12.1 Å². The lowest BCUT2D eigenvalue weighted by molar-refractivity contribution is -0.248. The van der Waals surface area contributed by atoms with Crippen molar-refractivity contribution in [3.63, 3.8) is 0 Å². The first-order valence-electron chi connectivity index (χ1n) is 8.94. The number of benzene rings is 1. The highest BCUT2D eigenvalue weighted by Crippen LogP contribution is 2.25. The number of cyclic esters (lactones) is 1. The number of amides is 1. The molecular formula is C20H29NO5. The molecule has 1 fully saturated rings. The van der Waals surface area contributed by atoms with Crippen LogP contribution in [0.15, 0.2) is 30.3 Å². The summed E-state index contributed by atoms with van der Waals surface area (Å²) in [6, 6.07) is 9.54. The predicted molar refractivity (Wildman–Crippen MR) is 97.5 cm³/mol. The van der Waals surface area contributed by atoms with E-state index in [-0.39, 0.29) is 18.6 Å². The molecule has 144 valence electrons. The highest BCUT2D eigenvalue weighted by molar-refractivity contribution is 5.74. The lowest BCUT2D eigenvalue weighted by Gasteiger charge is -2.35. The standard InChI is InChI=1S/C20H29NO5/c1-19(2,3)26-18(23)21-16(11-14-9-7-6-8-10-14)12-15-13-24-20(4,5)25-17(15)22/h6-10,15-16H,11-13H2,1-5H3,(H,21,23)/t15?,16-/m0/s1. The molecule has 26 heavy (non-hydrogen) atoms. The third-order valence-corrected chi connectivity index (χ3v) is 3.93. The average Bonchev–Trinajstić information content (AvgIpc) is 2.48. The van der Waals surface area contributed by atoms with Crippen LogP contribution in [0.5, 0.6) is 0 Å². The van der Waals surface area contributed by atoms with Gasteiger partial charge in [0.1, 0.15) is 5.60 Å². The lowest BCUT2D eigenvalue weighted by atomic mass is 9.94. The van der Waals surface area contributed by atoms with Crippen molar-refractivity contribution in [3.8, 4) is 0 Å². The number of hydrogen-bond acceptors (Lipinski definition) is 5. The smallest absolute Gasteiger partial charge is 0.407 e. The molecule has 1 unspecified atom stereocenters. The Labute approximate surface area is 155 Å². The molecule has 1 aliphatic rings. The van der Waals surface area contributed by atoms with Crippen LogP contribution in [-0.2, 0) is 25.4 Å². The molecule has 1 amide bonds. The maximum absolute atomic E-state index is 12.3. The molecule has 0 aromatic heterocycles. The summed E-state index contributed by atoms with van der Waals surface area (Å²) in [6.07, 6.45) is 0.514. The number of carbonyl (C=O) groups is 2. The van der Waals surface area contributed by atoms with E-state index in [1.165, 1.54) is 0 Å². The first-order valence-corrected chi connectivity index (χ1v) is 8.94. The first kappa shape index (κ1) is 20.2. The van der Waals surface area contributed by atoms with Crippen molar-refractivity contribution < 1.29 is 23.8 Å². The van der Waals surface area contributed by atoms with E-state index in [0.717, 1.165) is 5.56 Å². The van der Waals surface area contributed by atoms with E-state index in [2.05, 4.69) is 5.32 Å². The molecule has 0 spiro atoms. The van der Waals surface area contributed by atoms with Gasteiger partial charge in [-0.25, -0.2) is 4.79 Å². The fourth-order valence-corrected chi connectivity index (χ4v) is 2.80. The summed E-state index contributed by atoms with van der Waals surface area (Å²) < 4.78 is 16.3. The van der Waals surface area contributed by atoms with Gasteiger partial charge in [-0.3, -0.25) is 4.79 Å². The Morgan fingerprint density at radius 2 is 1.96 bits per heavy atom. The van der Waals surface area contributed by atoms with E-state index >= 15 is 0 Å². The molecule has 1 aromatic rings. The molecule has 6 nitrogen and oxygen atoms in total. The molecule has 2 atom stereocenters. The van der Waals surface area contributed by atoms with Crippen molar-refractivity contribution in [2.75, 3.05) is 6.61 Å². The SMILES string of the molecule is CC(C)(C)OC(=O)N[C@@H](Cc1ccccc1)CC1COC(C)(C)OC1=O. The molecule has 1 heterocycles. The van der Waals surface area contributed by atoms with Crippen molar-refractivity contribution in [2.45, 2.75) is 64.9 Å². The molecule has 0 bridgehead atoms. The number of carbonyl (C=O) groups excluding carboxylic acids is 2. The van der Waals surface area contributed by atoms with Gasteiger partial charge in [-0.1, -0.05) is 30.3 Å². The number of hydrogen-bond donors (Lipinski definition) is 1. The van der Waals surface area contributed by atoms with Crippen LogP contribution in [0, 0.1) is 5.92 Å². The van der Waals surface area contributed by atoms with Crippen molar-refractivity contribution in [1.29, 1.82) is 0 Å². The summed E-state index contributed by atoms with van der Waals surface area (Å²) >= 11 is 0. The quantitative estimate of drug-likeness (QED) is 0.811. The van der Waals surface area contributed by atoms with Gasteiger partial charge in [0, 0.05) is 19.9 Å². The molecule has 1 saturated heterocycles. The zero-order valence-electron chi connectivity index (χ0n) is 16.2. The van der Waals surface area contributed by atoms with E-state index in [1.807, 2.05) is 51.1 Å². The normalized spacial score (nSPS) is 20.8. The molecule has 1 aliphatic heterocycles. The van der Waals surface area contributed by atoms with Crippen LogP contribution in [0.25, 0.3) is 0 Å². The van der Waals surface area contributed by atoms with Crippen LogP contribution in [0.3, 0.4) is 0 Å². The number of rotatable bonds is 5. The van der Waals surface area contributed by atoms with E-state index in [4.69, 9.17) is 14.2 Å². The second kappa shape index (κ2) is 8.08. The number of nitrogens with one attached hydrogen (secondary N) is 1. The van der Waals surface area contributed by atoms with Gasteiger partial charge >= 0.3 is 12.1 Å². The third-order valence-electron chi connectivity index (χ3n) is 3.93. The maximum atomic E-state index is 12.3. The molecule has 2 rings (SSSR count). The zero-order valence-corrected chi connectivity index (χ0v) is 16.2. The summed E-state index contributed by atoms with van der Waals surface area (Å²) in [5.74, 6) is -1.63. The number of esters is 1. The predicted octanol–water partition coefficient (Wildman–Crippen LogP) is 3.44. The van der Waals surface area contributed by atoms with Crippen LogP contribution in [0.1, 0.15) is 46.6 Å². The van der Waals surface area contributed by atoms with Gasteiger partial charge < -0.3 is 19.5 Å². The zero-order chi connectivity index (χ0) is 19.4. The van der Waals surface area contributed by atoms with Crippen LogP contribution in [0.4, 0.5) is 4.79 Å². The van der Waals surface area contributed by atoms with Crippen LogP contribution < -0.4 is 5.32 Å². The second-order valence-corrected chi connectivity index (χ2v) is 8.10. The summed E-state index contributed by atoms with van der Waals surface area (Å²) in [7, 11) is 0. The van der Waals surface area contributed by atoms with Gasteiger partial charge in [0.05, 0.1) is 12.5 Å². The van der Waals surface area contributed by atoms with E-state index in [0.29, 0.717) is 12.8 Å². The summed E-state index contributed by atoms with van der Waals surface area (Å²) in [5.41, 5.74) is 0.483. The Bertz CT molecular complexity index is 621. The molecule has 1 N–H and O–H groups in total. The van der Waals surface area contributed by atoms with E-state index < -0.39 is 23.4 Å². The number of alkyl carbamates (subject to hydrolysis) is 1. The molecular weight excluding hydrogens is 334 g/mol. The van der Waals surface area contributed by atoms with Gasteiger partial charge in [0.25, 0.3) is 0 Å². The Morgan fingerprint density at radius 1 is 1.31 bits per heavy atom. The summed E-state index contributed by atoms with van der Waals surface area (Å²) in [6.45, 7) is 9.13. The Hall–Kier alpha value is -2.08. The van der Waals surface area contributed by atoms with Gasteiger partial charge in [0.2, 0.25) is 5.79 Å². The highest BCUT2D eigenvalue weighted by Gasteiger charge is 2.37. The molecule has 1 aromatic carbocycles. The minimum atomic E-state index is -0.902. The highest BCUT2D eigenvalue weighted by atomic mass is 16.7. The minimum absolute atomic E-state index is 0.269. The van der Waals surface area contributed by atoms with Crippen LogP contribution in [0.2, 0.25) is 0 Å². The Balaban J connectivity index is 2.05. The third kappa shape index (κ3) is 6.67. The maximum Gasteiger partial charge on any atom is 0.407 e. The molecule has 0 saturated carbocycles. The van der Waals surface area contributed by atoms with Crippen LogP contribution >= 0.6 is 0 Å². The largest absolute Gasteiger partial charge is 0.444 e. The average molecular weight is 363 g/mol. The molecule has 0 aliphatic carbocycles. The van der Waals surface area contributed by atoms with Crippen LogP contribution in [-0.4, -0.2) is 36.1 Å². The molecule has 6 heteroatoms. The van der Waals surface area contributed by atoms with Crippen molar-refractivity contribution in [2.24, 2.45) is 5.92 Å². The summed E-state index contributed by atoms with van der Waals surface area (Å²) in [5, 5.41) is 2.89. The van der Waals surface area contributed by atoms with Crippen molar-refractivity contribution in [3.05, 3.63) is 35.9 Å². The van der Waals surface area contributed by atoms with Gasteiger partial charge in [-0.2, -0.15) is 0 Å². The Kier molecular flexibility index (Phi) is 6.29. The Morgan fingerprint density at radius 3 is 2.54 bits per heavy atom.